The van der Waals surface area contributed by atoms with Gasteiger partial charge in [0.1, 0.15) is 5.82 Å². The largest absolute Gasteiger partial charge is 0.352 e. The molecular formula is C23H21ClFN5OS. The number of aromatic nitrogens is 2. The second-order valence-electron chi connectivity index (χ2n) is 7.63. The van der Waals surface area contributed by atoms with E-state index in [1.165, 1.54) is 22.3 Å². The number of halogens is 2. The molecule has 9 heteroatoms. The molecule has 2 aromatic carbocycles. The van der Waals surface area contributed by atoms with Gasteiger partial charge in [-0.05, 0) is 44.2 Å². The number of thiophene rings is 1. The van der Waals surface area contributed by atoms with E-state index in [-0.39, 0.29) is 24.2 Å². The van der Waals surface area contributed by atoms with E-state index in [1.54, 1.807) is 46.6 Å². The third-order valence-corrected chi connectivity index (χ3v) is 6.62. The Labute approximate surface area is 197 Å². The van der Waals surface area contributed by atoms with Crippen LogP contribution in [0.3, 0.4) is 0 Å². The van der Waals surface area contributed by atoms with Crippen LogP contribution in [0.15, 0.2) is 54.0 Å². The van der Waals surface area contributed by atoms with Crippen molar-refractivity contribution in [3.8, 4) is 5.69 Å². The van der Waals surface area contributed by atoms with Crippen molar-refractivity contribution in [2.75, 3.05) is 25.4 Å². The van der Waals surface area contributed by atoms with Crippen LogP contribution in [0, 0.1) is 5.82 Å². The van der Waals surface area contributed by atoms with Crippen LogP contribution in [0.2, 0.25) is 5.02 Å². The average Bonchev–Trinajstić information content (AvgIpc) is 3.54. The van der Waals surface area contributed by atoms with Crippen LogP contribution in [0.1, 0.15) is 20.2 Å². The fraction of sp³-hybridized carbons (Fsp3) is 0.217. The van der Waals surface area contributed by atoms with Gasteiger partial charge in [-0.15, -0.1) is 11.3 Å². The van der Waals surface area contributed by atoms with Gasteiger partial charge in [0.05, 0.1) is 38.7 Å². The molecular weight excluding hydrogens is 449 g/mol. The van der Waals surface area contributed by atoms with E-state index in [2.05, 4.69) is 15.7 Å². The van der Waals surface area contributed by atoms with Gasteiger partial charge in [-0.2, -0.15) is 5.10 Å². The van der Waals surface area contributed by atoms with Crippen LogP contribution >= 0.6 is 22.9 Å². The minimum absolute atomic E-state index is 0.225. The van der Waals surface area contributed by atoms with E-state index in [0.717, 1.165) is 0 Å². The van der Waals surface area contributed by atoms with Crippen molar-refractivity contribution in [3.63, 3.8) is 0 Å². The summed E-state index contributed by atoms with van der Waals surface area (Å²) in [5.74, 6) is -0.736. The number of hydrogen-bond acceptors (Lipinski definition) is 5. The lowest BCUT2D eigenvalue weighted by molar-refractivity contribution is 0.0942. The van der Waals surface area contributed by atoms with E-state index in [4.69, 9.17) is 15.7 Å². The summed E-state index contributed by atoms with van der Waals surface area (Å²) in [5, 5.41) is 13.3. The second kappa shape index (κ2) is 8.54. The smallest absolute Gasteiger partial charge is 0.261 e. The zero-order valence-corrected chi connectivity index (χ0v) is 18.4. The number of likely N-dealkylation sites (tertiary alicyclic amines) is 1. The maximum Gasteiger partial charge on any atom is 0.261 e. The third kappa shape index (κ3) is 4.09. The molecule has 1 fully saturated rings. The number of carbonyl (C=O) groups excluding carboxylic acids is 1. The summed E-state index contributed by atoms with van der Waals surface area (Å²) < 4.78 is 39.0. The first kappa shape index (κ1) is 17.6. The Bertz CT molecular complexity index is 1410. The molecule has 0 unspecified atom stereocenters. The van der Waals surface area contributed by atoms with Gasteiger partial charge in [0.2, 0.25) is 0 Å². The van der Waals surface area contributed by atoms with Crippen molar-refractivity contribution in [2.24, 2.45) is 0 Å². The maximum atomic E-state index is 14.9. The predicted octanol–water partition coefficient (Wildman–Crippen LogP) is 5.06. The van der Waals surface area contributed by atoms with Gasteiger partial charge in [0, 0.05) is 33.5 Å². The van der Waals surface area contributed by atoms with Gasteiger partial charge in [-0.25, -0.2) is 9.07 Å². The fourth-order valence-electron chi connectivity index (χ4n) is 3.75. The molecule has 2 aromatic heterocycles. The highest BCUT2D eigenvalue weighted by atomic mass is 35.5. The monoisotopic (exact) mass is 472 g/mol. The summed E-state index contributed by atoms with van der Waals surface area (Å²) in [6.07, 6.45) is 2.21. The lowest BCUT2D eigenvalue weighted by Gasteiger charge is -2.11. The molecule has 0 bridgehead atoms. The minimum atomic E-state index is -2.16. The number of fused-ring (bicyclic) bond motifs is 1. The SMILES string of the molecule is [2H]C([2H])([2H])N1CC[C@H](NC(=O)c2cc(-n3ncc4cc(Nc5ccccc5Cl)c(F)cc43)cs2)C1. The number of nitrogens with one attached hydrogen (secondary N) is 2. The number of rotatable bonds is 5. The van der Waals surface area contributed by atoms with E-state index >= 15 is 0 Å². The highest BCUT2D eigenvalue weighted by Gasteiger charge is 2.22. The molecule has 5 rings (SSSR count). The molecule has 0 spiro atoms. The maximum absolute atomic E-state index is 14.9. The van der Waals surface area contributed by atoms with Gasteiger partial charge in [-0.1, -0.05) is 23.7 Å². The van der Waals surface area contributed by atoms with Crippen molar-refractivity contribution >= 4 is 51.1 Å². The first-order chi connectivity index (χ1) is 16.7. The van der Waals surface area contributed by atoms with E-state index in [1.807, 2.05) is 6.07 Å². The second-order valence-corrected chi connectivity index (χ2v) is 8.94. The van der Waals surface area contributed by atoms with Crippen molar-refractivity contribution in [2.45, 2.75) is 12.5 Å². The Kier molecular flexibility index (Phi) is 4.69. The number of carbonyl (C=O) groups is 1. The number of anilines is 2. The van der Waals surface area contributed by atoms with Crippen molar-refractivity contribution in [1.29, 1.82) is 0 Å². The average molecular weight is 473 g/mol. The molecule has 1 atom stereocenters. The van der Waals surface area contributed by atoms with Crippen LogP contribution in [-0.2, 0) is 0 Å². The Morgan fingerprint density at radius 1 is 1.31 bits per heavy atom. The molecule has 6 nitrogen and oxygen atoms in total. The van der Waals surface area contributed by atoms with Crippen molar-refractivity contribution in [1.82, 2.24) is 20.0 Å². The molecule has 1 aliphatic heterocycles. The zero-order chi connectivity index (χ0) is 24.7. The predicted molar refractivity (Wildman–Crippen MR) is 127 cm³/mol. The molecule has 2 N–H and O–H groups in total. The number of benzene rings is 2. The van der Waals surface area contributed by atoms with Crippen LogP contribution in [0.4, 0.5) is 15.8 Å². The first-order valence-corrected chi connectivity index (χ1v) is 11.3. The van der Waals surface area contributed by atoms with E-state index in [0.29, 0.717) is 45.1 Å². The first-order valence-electron chi connectivity index (χ1n) is 11.5. The number of para-hydroxylation sites is 1. The molecule has 32 heavy (non-hydrogen) atoms. The number of likely N-dealkylation sites (N-methyl/N-ethyl adjacent to an activating group) is 1. The van der Waals surface area contributed by atoms with Crippen molar-refractivity contribution < 1.29 is 13.3 Å². The topological polar surface area (TPSA) is 62.2 Å². The summed E-state index contributed by atoms with van der Waals surface area (Å²) in [6, 6.07) is 11.6. The molecule has 0 aliphatic carbocycles. The highest BCUT2D eigenvalue weighted by Crippen LogP contribution is 2.31. The summed E-state index contributed by atoms with van der Waals surface area (Å²) >= 11 is 7.42. The Morgan fingerprint density at radius 3 is 3.00 bits per heavy atom. The highest BCUT2D eigenvalue weighted by molar-refractivity contribution is 7.12. The molecule has 4 aromatic rings. The number of nitrogens with zero attached hydrogens (tertiary/aromatic N) is 3. The Balaban J connectivity index is 1.33. The number of amides is 1. The molecule has 0 saturated carbocycles. The zero-order valence-electron chi connectivity index (χ0n) is 19.8. The van der Waals surface area contributed by atoms with Gasteiger partial charge in [0.25, 0.3) is 5.91 Å². The fourth-order valence-corrected chi connectivity index (χ4v) is 4.70. The standard InChI is InChI=1S/C23H21ClFN5OS/c1-29-7-6-15(12-29)27-23(31)22-9-16(13-32-22)30-21-10-18(25)20(8-14(21)11-26-30)28-19-5-3-2-4-17(19)24/h2-5,8-11,13,15,28H,6-7,12H2,1H3,(H,27,31)/t15-/m0/s1/i1D3. The molecule has 3 heterocycles. The lowest BCUT2D eigenvalue weighted by Crippen LogP contribution is -2.36. The molecule has 0 radical (unpaired) electrons. The quantitative estimate of drug-likeness (QED) is 0.426. The molecule has 1 amide bonds. The van der Waals surface area contributed by atoms with Crippen LogP contribution in [0.25, 0.3) is 16.6 Å². The van der Waals surface area contributed by atoms with E-state index in [9.17, 15) is 9.18 Å². The summed E-state index contributed by atoms with van der Waals surface area (Å²) in [5.41, 5.74) is 2.06. The van der Waals surface area contributed by atoms with Gasteiger partial charge in [0.15, 0.2) is 0 Å². The van der Waals surface area contributed by atoms with Crippen LogP contribution < -0.4 is 10.6 Å². The summed E-state index contributed by atoms with van der Waals surface area (Å²) in [7, 11) is 0. The Morgan fingerprint density at radius 2 is 2.19 bits per heavy atom. The van der Waals surface area contributed by atoms with Gasteiger partial charge < -0.3 is 15.5 Å². The number of hydrogen-bond donors (Lipinski definition) is 2. The molecule has 164 valence electrons. The van der Waals surface area contributed by atoms with Crippen molar-refractivity contribution in [3.05, 3.63) is 69.8 Å². The normalized spacial score (nSPS) is 18.3. The van der Waals surface area contributed by atoms with Crippen LogP contribution in [0.5, 0.6) is 0 Å². The van der Waals surface area contributed by atoms with Gasteiger partial charge >= 0.3 is 0 Å². The van der Waals surface area contributed by atoms with E-state index < -0.39 is 12.8 Å². The molecule has 1 saturated heterocycles. The Hall–Kier alpha value is -2.94. The minimum Gasteiger partial charge on any atom is -0.352 e. The lowest BCUT2D eigenvalue weighted by atomic mass is 10.2. The van der Waals surface area contributed by atoms with Crippen LogP contribution in [-0.4, -0.2) is 46.7 Å². The van der Waals surface area contributed by atoms with Gasteiger partial charge in [-0.3, -0.25) is 4.79 Å². The molecule has 1 aliphatic rings. The summed E-state index contributed by atoms with van der Waals surface area (Å²) in [4.78, 5) is 14.6. The third-order valence-electron chi connectivity index (χ3n) is 5.38. The summed E-state index contributed by atoms with van der Waals surface area (Å²) in [6.45, 7) is -1.46.